The van der Waals surface area contributed by atoms with E-state index in [1.54, 1.807) is 24.3 Å². The van der Waals surface area contributed by atoms with Crippen LogP contribution in [-0.4, -0.2) is 17.1 Å². The second-order valence-electron chi connectivity index (χ2n) is 6.63. The van der Waals surface area contributed by atoms with Crippen molar-refractivity contribution in [1.29, 1.82) is 0 Å². The number of benzene rings is 2. The normalized spacial score (nSPS) is 15.8. The Kier molecular flexibility index (Phi) is 4.68. The first-order chi connectivity index (χ1) is 13.4. The van der Waals surface area contributed by atoms with Gasteiger partial charge in [0.25, 0.3) is 0 Å². The number of aryl methyl sites for hydroxylation is 1. The van der Waals surface area contributed by atoms with Crippen LogP contribution in [0.3, 0.4) is 0 Å². The molecule has 0 radical (unpaired) electrons. The van der Waals surface area contributed by atoms with Gasteiger partial charge in [0.2, 0.25) is 5.91 Å². The molecule has 6 nitrogen and oxygen atoms in total. The number of nitrogens with one attached hydrogen (secondary N) is 1. The zero-order valence-electron chi connectivity index (χ0n) is 15.3. The van der Waals surface area contributed by atoms with Gasteiger partial charge in [-0.3, -0.25) is 4.79 Å². The molecule has 0 bridgehead atoms. The Bertz CT molecular complexity index is 1170. The number of thioether (sulfide) groups is 1. The largest absolute Gasteiger partial charge is 0.457 e. The molecular formula is C21H17NO5S. The molecule has 1 aliphatic heterocycles. The van der Waals surface area contributed by atoms with E-state index < -0.39 is 11.6 Å². The van der Waals surface area contributed by atoms with Gasteiger partial charge in [-0.15, -0.1) is 11.8 Å². The third-order valence-electron chi connectivity index (χ3n) is 4.49. The van der Waals surface area contributed by atoms with Gasteiger partial charge in [-0.05, 0) is 43.7 Å². The molecule has 1 unspecified atom stereocenters. The molecule has 0 saturated heterocycles. The first-order valence-electron chi connectivity index (χ1n) is 8.73. The maximum atomic E-state index is 12.5. The van der Waals surface area contributed by atoms with Crippen molar-refractivity contribution >= 4 is 40.3 Å². The summed E-state index contributed by atoms with van der Waals surface area (Å²) in [5, 5.41) is 3.34. The molecule has 1 N–H and O–H groups in total. The van der Waals surface area contributed by atoms with E-state index in [-0.39, 0.29) is 17.8 Å². The summed E-state index contributed by atoms with van der Waals surface area (Å²) in [7, 11) is 0. The van der Waals surface area contributed by atoms with Gasteiger partial charge in [-0.1, -0.05) is 12.1 Å². The van der Waals surface area contributed by atoms with Crippen molar-refractivity contribution in [2.24, 2.45) is 0 Å². The van der Waals surface area contributed by atoms with Crippen molar-refractivity contribution in [3.05, 3.63) is 69.6 Å². The highest BCUT2D eigenvalue weighted by Crippen LogP contribution is 2.36. The summed E-state index contributed by atoms with van der Waals surface area (Å²) in [6.45, 7) is 3.67. The van der Waals surface area contributed by atoms with E-state index in [1.165, 1.54) is 17.8 Å². The zero-order valence-corrected chi connectivity index (χ0v) is 16.1. The molecule has 0 saturated carbocycles. The minimum Gasteiger partial charge on any atom is -0.457 e. The zero-order chi connectivity index (χ0) is 19.8. The quantitative estimate of drug-likeness (QED) is 0.535. The van der Waals surface area contributed by atoms with Crippen molar-refractivity contribution in [2.75, 3.05) is 5.32 Å². The van der Waals surface area contributed by atoms with Gasteiger partial charge < -0.3 is 14.5 Å². The lowest BCUT2D eigenvalue weighted by Gasteiger charge is -2.21. The Morgan fingerprint density at radius 2 is 2.00 bits per heavy atom. The van der Waals surface area contributed by atoms with E-state index in [0.29, 0.717) is 22.4 Å². The highest BCUT2D eigenvalue weighted by Gasteiger charge is 2.24. The van der Waals surface area contributed by atoms with Crippen LogP contribution in [-0.2, 0) is 16.1 Å². The predicted molar refractivity (Wildman–Crippen MR) is 107 cm³/mol. The fraction of sp³-hybridized carbons (Fsp3) is 0.190. The molecule has 0 spiro atoms. The van der Waals surface area contributed by atoms with E-state index in [0.717, 1.165) is 15.8 Å². The summed E-state index contributed by atoms with van der Waals surface area (Å²) >= 11 is 1.45. The summed E-state index contributed by atoms with van der Waals surface area (Å²) in [4.78, 5) is 37.0. The van der Waals surface area contributed by atoms with Gasteiger partial charge >= 0.3 is 11.6 Å². The molecule has 0 fully saturated rings. The SMILES string of the molecule is Cc1ccc2c(COC(=O)c3ccc4c(c3)NC(=O)C(C)S4)cc(=O)oc2c1. The molecule has 4 rings (SSSR count). The van der Waals surface area contributed by atoms with Crippen LogP contribution in [0.25, 0.3) is 11.0 Å². The third-order valence-corrected chi connectivity index (χ3v) is 5.67. The second-order valence-corrected chi connectivity index (χ2v) is 8.01. The number of hydrogen-bond acceptors (Lipinski definition) is 6. The average molecular weight is 395 g/mol. The molecule has 28 heavy (non-hydrogen) atoms. The number of rotatable bonds is 3. The second kappa shape index (κ2) is 7.16. The number of anilines is 1. The Hall–Kier alpha value is -3.06. The number of fused-ring (bicyclic) bond motifs is 2. The first kappa shape index (κ1) is 18.3. The van der Waals surface area contributed by atoms with Gasteiger partial charge in [0.15, 0.2) is 0 Å². The Morgan fingerprint density at radius 3 is 2.82 bits per heavy atom. The van der Waals surface area contributed by atoms with Crippen molar-refractivity contribution in [2.45, 2.75) is 30.6 Å². The van der Waals surface area contributed by atoms with Crippen molar-refractivity contribution in [3.8, 4) is 0 Å². The standard InChI is InChI=1S/C21H17NO5S/c1-11-3-5-15-14(9-19(23)27-17(15)7-11)10-26-21(25)13-4-6-18-16(8-13)22-20(24)12(2)28-18/h3-9,12H,10H2,1-2H3,(H,22,24). The first-order valence-corrected chi connectivity index (χ1v) is 9.61. The molecule has 1 aliphatic rings. The van der Waals surface area contributed by atoms with E-state index in [9.17, 15) is 14.4 Å². The van der Waals surface area contributed by atoms with Crippen molar-refractivity contribution in [3.63, 3.8) is 0 Å². The van der Waals surface area contributed by atoms with Gasteiger partial charge in [0.1, 0.15) is 12.2 Å². The monoisotopic (exact) mass is 395 g/mol. The Balaban J connectivity index is 1.56. The van der Waals surface area contributed by atoms with Crippen molar-refractivity contribution < 1.29 is 18.7 Å². The molecular weight excluding hydrogens is 378 g/mol. The molecule has 1 atom stereocenters. The van der Waals surface area contributed by atoms with Gasteiger partial charge in [-0.25, -0.2) is 9.59 Å². The number of ether oxygens (including phenoxy) is 1. The minimum absolute atomic E-state index is 0.0563. The van der Waals surface area contributed by atoms with Crippen molar-refractivity contribution in [1.82, 2.24) is 0 Å². The van der Waals surface area contributed by atoms with Gasteiger partial charge in [-0.2, -0.15) is 0 Å². The molecule has 2 heterocycles. The predicted octanol–water partition coefficient (Wildman–Crippen LogP) is 3.89. The Morgan fingerprint density at radius 1 is 1.18 bits per heavy atom. The maximum Gasteiger partial charge on any atom is 0.338 e. The molecule has 0 aliphatic carbocycles. The number of carbonyl (C=O) groups is 2. The van der Waals surface area contributed by atoms with Gasteiger partial charge in [0.05, 0.1) is 16.5 Å². The lowest BCUT2D eigenvalue weighted by atomic mass is 10.1. The summed E-state index contributed by atoms with van der Waals surface area (Å²) in [6, 6.07) is 11.9. The van der Waals surface area contributed by atoms with Crippen LogP contribution < -0.4 is 10.9 Å². The number of esters is 1. The maximum absolute atomic E-state index is 12.5. The fourth-order valence-electron chi connectivity index (χ4n) is 3.02. The summed E-state index contributed by atoms with van der Waals surface area (Å²) in [6.07, 6.45) is 0. The lowest BCUT2D eigenvalue weighted by molar-refractivity contribution is -0.115. The number of carbonyl (C=O) groups excluding carboxylic acids is 2. The molecule has 142 valence electrons. The van der Waals surface area contributed by atoms with Crippen LogP contribution >= 0.6 is 11.8 Å². The highest BCUT2D eigenvalue weighted by atomic mass is 32.2. The van der Waals surface area contributed by atoms with Crippen LogP contribution in [0, 0.1) is 6.92 Å². The van der Waals surface area contributed by atoms with E-state index in [2.05, 4.69) is 5.32 Å². The van der Waals surface area contributed by atoms with Crippen LogP contribution in [0.15, 0.2) is 56.6 Å². The summed E-state index contributed by atoms with van der Waals surface area (Å²) in [5.41, 5.74) is 2.44. The summed E-state index contributed by atoms with van der Waals surface area (Å²) in [5.74, 6) is -0.630. The molecule has 1 amide bonds. The molecule has 3 aromatic rings. The van der Waals surface area contributed by atoms with E-state index in [1.807, 2.05) is 26.0 Å². The molecule has 1 aromatic heterocycles. The smallest absolute Gasteiger partial charge is 0.338 e. The van der Waals surface area contributed by atoms with Crippen LogP contribution in [0.5, 0.6) is 0 Å². The van der Waals surface area contributed by atoms with E-state index >= 15 is 0 Å². The molecule has 2 aromatic carbocycles. The summed E-state index contributed by atoms with van der Waals surface area (Å²) < 4.78 is 10.6. The minimum atomic E-state index is -0.533. The highest BCUT2D eigenvalue weighted by molar-refractivity contribution is 8.00. The fourth-order valence-corrected chi connectivity index (χ4v) is 3.95. The van der Waals surface area contributed by atoms with Crippen LogP contribution in [0.2, 0.25) is 0 Å². The van der Waals surface area contributed by atoms with Crippen LogP contribution in [0.1, 0.15) is 28.4 Å². The topological polar surface area (TPSA) is 85.6 Å². The van der Waals surface area contributed by atoms with Gasteiger partial charge in [0, 0.05) is 21.9 Å². The average Bonchev–Trinajstić information content (AvgIpc) is 2.66. The lowest BCUT2D eigenvalue weighted by Crippen LogP contribution is -2.26. The van der Waals surface area contributed by atoms with Crippen LogP contribution in [0.4, 0.5) is 5.69 Å². The third kappa shape index (κ3) is 3.53. The molecule has 7 heteroatoms. The number of amides is 1. The van der Waals surface area contributed by atoms with E-state index in [4.69, 9.17) is 9.15 Å². The number of hydrogen-bond donors (Lipinski definition) is 1. The Labute approximate surface area is 164 Å².